The summed E-state index contributed by atoms with van der Waals surface area (Å²) in [4.78, 5) is 12.5. The molecule has 1 aliphatic rings. The number of aliphatic carboxylic acids is 1. The van der Waals surface area contributed by atoms with E-state index in [-0.39, 0.29) is 23.7 Å². The lowest BCUT2D eigenvalue weighted by molar-refractivity contribution is -0.131. The summed E-state index contributed by atoms with van der Waals surface area (Å²) in [5.41, 5.74) is 6.53. The average Bonchev–Trinajstić information content (AvgIpc) is 2.73. The number of carboxylic acids is 1. The van der Waals surface area contributed by atoms with E-state index in [9.17, 15) is 9.18 Å². The molecule has 0 saturated carbocycles. The van der Waals surface area contributed by atoms with Crippen LogP contribution >= 0.6 is 0 Å². The van der Waals surface area contributed by atoms with Gasteiger partial charge >= 0.3 is 5.97 Å². The molecule has 1 heterocycles. The highest BCUT2D eigenvalue weighted by molar-refractivity contribution is 6.08. The lowest BCUT2D eigenvalue weighted by Gasteiger charge is -2.44. The third-order valence-electron chi connectivity index (χ3n) is 5.87. The van der Waals surface area contributed by atoms with Crippen molar-refractivity contribution >= 4 is 23.8 Å². The second-order valence-corrected chi connectivity index (χ2v) is 9.10. The first-order valence-electron chi connectivity index (χ1n) is 10.9. The first kappa shape index (κ1) is 25.2. The summed E-state index contributed by atoms with van der Waals surface area (Å²) in [5.74, 6) is -2.92. The molecule has 2 aromatic rings. The zero-order valence-electron chi connectivity index (χ0n) is 19.3. The van der Waals surface area contributed by atoms with Crippen LogP contribution in [0.4, 0.5) is 13.2 Å². The summed E-state index contributed by atoms with van der Waals surface area (Å²) < 4.78 is 45.5. The van der Waals surface area contributed by atoms with Crippen LogP contribution in [0.1, 0.15) is 54.6 Å². The highest BCUT2D eigenvalue weighted by Gasteiger charge is 2.39. The van der Waals surface area contributed by atoms with E-state index in [1.165, 1.54) is 20.0 Å². The molecular weight excluding hydrogens is 443 g/mol. The topological polar surface area (TPSA) is 90.4 Å². The summed E-state index contributed by atoms with van der Waals surface area (Å²) in [6.45, 7) is 4.67. The van der Waals surface area contributed by atoms with Crippen LogP contribution in [0.5, 0.6) is 0 Å². The fourth-order valence-electron chi connectivity index (χ4n) is 4.46. The Labute approximate surface area is 196 Å². The maximum atomic E-state index is 15.4. The second kappa shape index (κ2) is 9.85. The second-order valence-electron chi connectivity index (χ2n) is 9.10. The predicted octanol–water partition coefficient (Wildman–Crippen LogP) is 5.10. The Morgan fingerprint density at radius 1 is 1.26 bits per heavy atom. The third kappa shape index (κ3) is 5.39. The van der Waals surface area contributed by atoms with Gasteiger partial charge < -0.3 is 16.2 Å². The van der Waals surface area contributed by atoms with Crippen LogP contribution in [-0.2, 0) is 11.2 Å². The van der Waals surface area contributed by atoms with Gasteiger partial charge in [0.05, 0.1) is 6.04 Å². The Bertz CT molecular complexity index is 1150. The maximum Gasteiger partial charge on any atom is 0.328 e. The molecule has 0 aliphatic carbocycles. The van der Waals surface area contributed by atoms with E-state index in [2.05, 4.69) is 0 Å². The number of carbonyl (C=O) groups is 1. The van der Waals surface area contributed by atoms with Gasteiger partial charge in [0.2, 0.25) is 0 Å². The molecule has 0 amide bonds. The van der Waals surface area contributed by atoms with Crippen LogP contribution in [0.3, 0.4) is 0 Å². The molecule has 2 aromatic carbocycles. The minimum Gasteiger partial charge on any atom is -0.478 e. The van der Waals surface area contributed by atoms with Crippen molar-refractivity contribution in [2.75, 3.05) is 6.54 Å². The molecule has 8 heteroatoms. The number of alkyl halides is 1. The molecule has 0 spiro atoms. The van der Waals surface area contributed by atoms with Gasteiger partial charge in [-0.25, -0.2) is 18.0 Å². The quantitative estimate of drug-likeness (QED) is 0.387. The largest absolute Gasteiger partial charge is 0.478 e. The number of carboxylic acid groups (broad SMARTS) is 1. The Balaban J connectivity index is 2.21. The molecule has 0 fully saturated rings. The monoisotopic (exact) mass is 471 g/mol. The molecule has 0 saturated heterocycles. The fraction of sp³-hybridized carbons (Fsp3) is 0.308. The number of hydrogen-bond donors (Lipinski definition) is 3. The standard InChI is InChI=1S/C26H28F3N3O2/c1-15-8-18-11-17(19(12-30)13-31)5-6-20(18)25(32(15)14-26(2,3)29)24-21(27)9-16(10-22(24)28)4-7-23(33)34/h4-7,9-13,15,25,30H,8,14,31H2,1-3H3,(H,33,34)/b7-4+,19-13+,30-12?/t15?,25-/m1/s1. The first-order chi connectivity index (χ1) is 15.9. The number of nitrogens with one attached hydrogen (secondary N) is 1. The SMILES string of the molecule is CC1Cc2cc(/C(C=N)=C/N)ccc2[C@H](c2c(F)cc(/C=C/C(=O)O)cc2F)N1CC(C)(C)F. The lowest BCUT2D eigenvalue weighted by Crippen LogP contribution is -2.48. The van der Waals surface area contributed by atoms with E-state index >= 15 is 8.78 Å². The van der Waals surface area contributed by atoms with E-state index in [1.54, 1.807) is 17.0 Å². The molecule has 5 nitrogen and oxygen atoms in total. The van der Waals surface area contributed by atoms with Gasteiger partial charge in [-0.05, 0) is 67.7 Å². The molecule has 3 rings (SSSR count). The van der Waals surface area contributed by atoms with Gasteiger partial charge in [0.15, 0.2) is 0 Å². The number of benzene rings is 2. The van der Waals surface area contributed by atoms with Gasteiger partial charge in [-0.3, -0.25) is 4.90 Å². The normalized spacial score (nSPS) is 19.3. The van der Waals surface area contributed by atoms with Crippen LogP contribution < -0.4 is 5.73 Å². The van der Waals surface area contributed by atoms with Crippen LogP contribution in [0.25, 0.3) is 11.6 Å². The van der Waals surface area contributed by atoms with Gasteiger partial charge in [0, 0.05) is 42.2 Å². The number of hydrogen-bond acceptors (Lipinski definition) is 4. The molecule has 1 unspecified atom stereocenters. The van der Waals surface area contributed by atoms with E-state index < -0.39 is 29.3 Å². The predicted molar refractivity (Wildman–Crippen MR) is 127 cm³/mol. The van der Waals surface area contributed by atoms with Gasteiger partial charge in [-0.2, -0.15) is 0 Å². The molecule has 4 N–H and O–H groups in total. The van der Waals surface area contributed by atoms with E-state index in [4.69, 9.17) is 16.2 Å². The third-order valence-corrected chi connectivity index (χ3v) is 5.87. The van der Waals surface area contributed by atoms with Gasteiger partial charge in [0.25, 0.3) is 0 Å². The summed E-state index contributed by atoms with van der Waals surface area (Å²) in [5, 5.41) is 16.4. The molecule has 34 heavy (non-hydrogen) atoms. The van der Waals surface area contributed by atoms with Gasteiger partial charge in [0.1, 0.15) is 17.3 Å². The van der Waals surface area contributed by atoms with Crippen LogP contribution in [-0.4, -0.2) is 40.4 Å². The Kier molecular flexibility index (Phi) is 7.31. The maximum absolute atomic E-state index is 15.4. The van der Waals surface area contributed by atoms with Crippen LogP contribution in [0, 0.1) is 17.0 Å². The number of nitrogens with two attached hydrogens (primary N) is 1. The molecule has 2 atom stereocenters. The van der Waals surface area contributed by atoms with Crippen molar-refractivity contribution in [1.29, 1.82) is 5.41 Å². The Hall–Kier alpha value is -3.39. The number of fused-ring (bicyclic) bond motifs is 1. The average molecular weight is 472 g/mol. The number of allylic oxidation sites excluding steroid dienone is 1. The van der Waals surface area contributed by atoms with Crippen molar-refractivity contribution in [3.63, 3.8) is 0 Å². The highest BCUT2D eigenvalue weighted by Crippen LogP contribution is 2.42. The molecular formula is C26H28F3N3O2. The van der Waals surface area contributed by atoms with Crippen molar-refractivity contribution in [3.8, 4) is 0 Å². The molecule has 0 aromatic heterocycles. The zero-order valence-corrected chi connectivity index (χ0v) is 19.3. The molecule has 0 radical (unpaired) electrons. The molecule has 1 aliphatic heterocycles. The Morgan fingerprint density at radius 3 is 2.44 bits per heavy atom. The summed E-state index contributed by atoms with van der Waals surface area (Å²) in [6, 6.07) is 6.33. The van der Waals surface area contributed by atoms with Crippen molar-refractivity contribution in [2.45, 2.75) is 44.9 Å². The zero-order chi connectivity index (χ0) is 25.2. The lowest BCUT2D eigenvalue weighted by atomic mass is 9.82. The smallest absolute Gasteiger partial charge is 0.328 e. The summed E-state index contributed by atoms with van der Waals surface area (Å²) in [6.07, 6.45) is 4.89. The first-order valence-corrected chi connectivity index (χ1v) is 10.9. The van der Waals surface area contributed by atoms with Gasteiger partial charge in [-0.1, -0.05) is 18.2 Å². The van der Waals surface area contributed by atoms with E-state index in [1.807, 2.05) is 13.0 Å². The minimum atomic E-state index is -1.61. The van der Waals surface area contributed by atoms with Crippen molar-refractivity contribution in [2.24, 2.45) is 5.73 Å². The number of halogens is 3. The Morgan fingerprint density at radius 2 is 1.91 bits per heavy atom. The number of rotatable bonds is 7. The highest BCUT2D eigenvalue weighted by atomic mass is 19.1. The van der Waals surface area contributed by atoms with Crippen molar-refractivity contribution in [3.05, 3.63) is 82.1 Å². The summed E-state index contributed by atoms with van der Waals surface area (Å²) in [7, 11) is 0. The van der Waals surface area contributed by atoms with E-state index in [0.29, 0.717) is 23.1 Å². The minimum absolute atomic E-state index is 0.0476. The van der Waals surface area contributed by atoms with Crippen molar-refractivity contribution < 1.29 is 23.1 Å². The van der Waals surface area contributed by atoms with Crippen molar-refractivity contribution in [1.82, 2.24) is 4.90 Å². The molecule has 180 valence electrons. The fourth-order valence-corrected chi connectivity index (χ4v) is 4.46. The summed E-state index contributed by atoms with van der Waals surface area (Å²) >= 11 is 0. The van der Waals surface area contributed by atoms with Crippen LogP contribution in [0.15, 0.2) is 42.6 Å². The van der Waals surface area contributed by atoms with Gasteiger partial charge in [-0.15, -0.1) is 0 Å². The number of nitrogens with zero attached hydrogens (tertiary/aromatic N) is 1. The van der Waals surface area contributed by atoms with Crippen LogP contribution in [0.2, 0.25) is 0 Å². The molecule has 0 bridgehead atoms. The van der Waals surface area contributed by atoms with E-state index in [0.717, 1.165) is 36.1 Å².